The van der Waals surface area contributed by atoms with E-state index < -0.39 is 11.7 Å². The lowest BCUT2D eigenvalue weighted by atomic mass is 10.2. The number of anilines is 2. The molecule has 0 aromatic heterocycles. The van der Waals surface area contributed by atoms with E-state index in [0.717, 1.165) is 0 Å². The van der Waals surface area contributed by atoms with E-state index >= 15 is 0 Å². The van der Waals surface area contributed by atoms with Crippen LogP contribution < -0.4 is 11.1 Å². The van der Waals surface area contributed by atoms with E-state index in [1.807, 2.05) is 0 Å². The molecule has 1 amide bonds. The van der Waals surface area contributed by atoms with Gasteiger partial charge in [-0.15, -0.1) is 0 Å². The summed E-state index contributed by atoms with van der Waals surface area (Å²) in [6, 6.07) is 8.53. The molecule has 0 fully saturated rings. The zero-order valence-corrected chi connectivity index (χ0v) is 11.1. The highest BCUT2D eigenvalue weighted by Crippen LogP contribution is 2.26. The van der Waals surface area contributed by atoms with Crippen molar-refractivity contribution in [3.05, 3.63) is 57.8 Å². The lowest BCUT2D eigenvalue weighted by Crippen LogP contribution is -2.13. The molecule has 0 spiro atoms. The van der Waals surface area contributed by atoms with E-state index in [1.165, 1.54) is 24.3 Å². The minimum Gasteiger partial charge on any atom is -0.399 e. The molecule has 0 aliphatic heterocycles. The molecule has 0 bridgehead atoms. The number of carbonyl (C=O) groups excluding carboxylic acids is 1. The molecule has 0 aliphatic rings. The SMILES string of the molecule is Nc1ccc(F)c(NC(=O)c2cccc(Cl)c2Cl)c1. The molecule has 2 aromatic carbocycles. The first-order chi connectivity index (χ1) is 8.99. The zero-order chi connectivity index (χ0) is 14.0. The van der Waals surface area contributed by atoms with Crippen molar-refractivity contribution in [2.75, 3.05) is 11.1 Å². The third-order valence-corrected chi connectivity index (χ3v) is 3.25. The van der Waals surface area contributed by atoms with Crippen LogP contribution in [0.25, 0.3) is 0 Å². The number of amides is 1. The molecule has 0 aliphatic carbocycles. The first kappa shape index (κ1) is 13.6. The number of rotatable bonds is 2. The normalized spacial score (nSPS) is 10.3. The topological polar surface area (TPSA) is 55.1 Å². The maximum absolute atomic E-state index is 13.5. The van der Waals surface area contributed by atoms with Crippen LogP contribution in [0.3, 0.4) is 0 Å². The number of nitrogens with two attached hydrogens (primary N) is 1. The summed E-state index contributed by atoms with van der Waals surface area (Å²) in [5.41, 5.74) is 6.02. The molecule has 3 nitrogen and oxygen atoms in total. The van der Waals surface area contributed by atoms with Crippen LogP contribution >= 0.6 is 23.2 Å². The van der Waals surface area contributed by atoms with E-state index in [1.54, 1.807) is 12.1 Å². The fourth-order valence-corrected chi connectivity index (χ4v) is 1.89. The van der Waals surface area contributed by atoms with Crippen molar-refractivity contribution < 1.29 is 9.18 Å². The van der Waals surface area contributed by atoms with Crippen LogP contribution in [0.2, 0.25) is 10.0 Å². The molecule has 6 heteroatoms. The van der Waals surface area contributed by atoms with Gasteiger partial charge >= 0.3 is 0 Å². The molecular weight excluding hydrogens is 290 g/mol. The monoisotopic (exact) mass is 298 g/mol. The maximum atomic E-state index is 13.5. The molecule has 0 saturated carbocycles. The highest BCUT2D eigenvalue weighted by Gasteiger charge is 2.14. The number of hydrogen-bond donors (Lipinski definition) is 2. The molecular formula is C13H9Cl2FN2O. The standard InChI is InChI=1S/C13H9Cl2FN2O/c14-9-3-1-2-8(12(9)15)13(19)18-11-6-7(17)4-5-10(11)16/h1-6H,17H2,(H,18,19). The van der Waals surface area contributed by atoms with Crippen LogP contribution in [-0.2, 0) is 0 Å². The average Bonchev–Trinajstić information content (AvgIpc) is 2.37. The van der Waals surface area contributed by atoms with Gasteiger partial charge in [0.15, 0.2) is 0 Å². The van der Waals surface area contributed by atoms with Gasteiger partial charge < -0.3 is 11.1 Å². The summed E-state index contributed by atoms with van der Waals surface area (Å²) in [6.45, 7) is 0. The highest BCUT2D eigenvalue weighted by atomic mass is 35.5. The quantitative estimate of drug-likeness (QED) is 0.824. The molecule has 3 N–H and O–H groups in total. The Morgan fingerprint density at radius 3 is 2.68 bits per heavy atom. The van der Waals surface area contributed by atoms with Crippen LogP contribution in [0, 0.1) is 5.82 Å². The van der Waals surface area contributed by atoms with Crippen LogP contribution in [0.15, 0.2) is 36.4 Å². The number of hydrogen-bond acceptors (Lipinski definition) is 2. The van der Waals surface area contributed by atoms with E-state index in [9.17, 15) is 9.18 Å². The van der Waals surface area contributed by atoms with Crippen molar-refractivity contribution in [1.29, 1.82) is 0 Å². The van der Waals surface area contributed by atoms with Crippen molar-refractivity contribution in [2.24, 2.45) is 0 Å². The average molecular weight is 299 g/mol. The molecule has 98 valence electrons. The van der Waals surface area contributed by atoms with Crippen molar-refractivity contribution >= 4 is 40.5 Å². The summed E-state index contributed by atoms with van der Waals surface area (Å²) in [4.78, 5) is 12.0. The van der Waals surface area contributed by atoms with Gasteiger partial charge in [-0.25, -0.2) is 4.39 Å². The van der Waals surface area contributed by atoms with Crippen molar-refractivity contribution in [1.82, 2.24) is 0 Å². The Hall–Kier alpha value is -1.78. The van der Waals surface area contributed by atoms with E-state index in [4.69, 9.17) is 28.9 Å². The Bertz CT molecular complexity index is 647. The largest absolute Gasteiger partial charge is 0.399 e. The highest BCUT2D eigenvalue weighted by molar-refractivity contribution is 6.44. The van der Waals surface area contributed by atoms with Gasteiger partial charge in [-0.2, -0.15) is 0 Å². The van der Waals surface area contributed by atoms with E-state index in [2.05, 4.69) is 5.32 Å². The maximum Gasteiger partial charge on any atom is 0.257 e. The van der Waals surface area contributed by atoms with Gasteiger partial charge in [0.2, 0.25) is 0 Å². The van der Waals surface area contributed by atoms with E-state index in [0.29, 0.717) is 5.69 Å². The zero-order valence-electron chi connectivity index (χ0n) is 9.58. The minimum atomic E-state index is -0.583. The third-order valence-electron chi connectivity index (χ3n) is 2.43. The lowest BCUT2D eigenvalue weighted by Gasteiger charge is -2.09. The number of nitrogens with one attached hydrogen (secondary N) is 1. The van der Waals surface area contributed by atoms with Crippen LogP contribution in [0.1, 0.15) is 10.4 Å². The van der Waals surface area contributed by atoms with Crippen LogP contribution in [-0.4, -0.2) is 5.91 Å². The van der Waals surface area contributed by atoms with Gasteiger partial charge in [0, 0.05) is 5.69 Å². The van der Waals surface area contributed by atoms with Gasteiger partial charge in [-0.3, -0.25) is 4.79 Å². The van der Waals surface area contributed by atoms with Gasteiger partial charge in [0.25, 0.3) is 5.91 Å². The predicted molar refractivity (Wildman–Crippen MR) is 75.2 cm³/mol. The van der Waals surface area contributed by atoms with Gasteiger partial charge in [-0.05, 0) is 30.3 Å². The number of carbonyl (C=O) groups is 1. The molecule has 2 rings (SSSR count). The lowest BCUT2D eigenvalue weighted by molar-refractivity contribution is 0.102. The Balaban J connectivity index is 2.31. The molecule has 19 heavy (non-hydrogen) atoms. The summed E-state index contributed by atoms with van der Waals surface area (Å²) in [5.74, 6) is -1.14. The first-order valence-corrected chi connectivity index (χ1v) is 6.05. The second-order valence-electron chi connectivity index (χ2n) is 3.79. The molecule has 0 atom stereocenters. The molecule has 0 radical (unpaired) electrons. The van der Waals surface area contributed by atoms with Crippen molar-refractivity contribution in [2.45, 2.75) is 0 Å². The number of nitrogen functional groups attached to an aromatic ring is 1. The smallest absolute Gasteiger partial charge is 0.257 e. The Morgan fingerprint density at radius 1 is 1.21 bits per heavy atom. The Kier molecular flexibility index (Phi) is 3.93. The Morgan fingerprint density at radius 2 is 1.95 bits per heavy atom. The predicted octanol–water partition coefficient (Wildman–Crippen LogP) is 3.97. The summed E-state index contributed by atoms with van der Waals surface area (Å²) >= 11 is 11.7. The van der Waals surface area contributed by atoms with Crippen LogP contribution in [0.5, 0.6) is 0 Å². The van der Waals surface area contributed by atoms with Crippen molar-refractivity contribution in [3.8, 4) is 0 Å². The minimum absolute atomic E-state index is 0.0129. The molecule has 0 heterocycles. The van der Waals surface area contributed by atoms with Crippen molar-refractivity contribution in [3.63, 3.8) is 0 Å². The second-order valence-corrected chi connectivity index (χ2v) is 4.58. The summed E-state index contributed by atoms with van der Waals surface area (Å²) < 4.78 is 13.5. The van der Waals surface area contributed by atoms with Gasteiger partial charge in [-0.1, -0.05) is 29.3 Å². The van der Waals surface area contributed by atoms with Gasteiger partial charge in [0.05, 0.1) is 21.3 Å². The Labute approximate surface area is 119 Å². The summed E-state index contributed by atoms with van der Waals surface area (Å²) in [5, 5.41) is 2.77. The van der Waals surface area contributed by atoms with Gasteiger partial charge in [0.1, 0.15) is 5.82 Å². The fraction of sp³-hybridized carbons (Fsp3) is 0. The molecule has 0 unspecified atom stereocenters. The first-order valence-electron chi connectivity index (χ1n) is 5.29. The molecule has 0 saturated heterocycles. The third kappa shape index (κ3) is 2.97. The van der Waals surface area contributed by atoms with Crippen LogP contribution in [0.4, 0.5) is 15.8 Å². The summed E-state index contributed by atoms with van der Waals surface area (Å²) in [7, 11) is 0. The van der Waals surface area contributed by atoms with E-state index in [-0.39, 0.29) is 21.3 Å². The number of benzene rings is 2. The molecule has 2 aromatic rings. The number of halogens is 3. The fourth-order valence-electron chi connectivity index (χ4n) is 1.51. The second kappa shape index (κ2) is 5.47. The summed E-state index contributed by atoms with van der Waals surface area (Å²) in [6.07, 6.45) is 0.